The van der Waals surface area contributed by atoms with Crippen molar-refractivity contribution in [3.63, 3.8) is 0 Å². The summed E-state index contributed by atoms with van der Waals surface area (Å²) in [4.78, 5) is 20.7. The van der Waals surface area contributed by atoms with E-state index in [1.54, 1.807) is 30.5 Å². The van der Waals surface area contributed by atoms with Gasteiger partial charge >= 0.3 is 0 Å². The Morgan fingerprint density at radius 2 is 2.00 bits per heavy atom. The minimum atomic E-state index is -0.736. The number of aromatic nitrogens is 1. The van der Waals surface area contributed by atoms with Crippen molar-refractivity contribution in [1.82, 2.24) is 4.98 Å². The summed E-state index contributed by atoms with van der Waals surface area (Å²) in [7, 11) is 0. The smallest absolute Gasteiger partial charge is 0.199 e. The maximum absolute atomic E-state index is 14.1. The average molecular weight is 475 g/mol. The van der Waals surface area contributed by atoms with Crippen LogP contribution in [0.15, 0.2) is 47.6 Å². The number of carbonyl (C=O) groups is 1. The van der Waals surface area contributed by atoms with Gasteiger partial charge in [0, 0.05) is 34.1 Å². The van der Waals surface area contributed by atoms with E-state index in [1.807, 2.05) is 19.9 Å². The monoisotopic (exact) mass is 474 g/mol. The zero-order valence-corrected chi connectivity index (χ0v) is 19.2. The summed E-state index contributed by atoms with van der Waals surface area (Å²) in [6.45, 7) is 3.57. The van der Waals surface area contributed by atoms with Gasteiger partial charge in [-0.05, 0) is 30.7 Å². The summed E-state index contributed by atoms with van der Waals surface area (Å²) in [6, 6.07) is 9.07. The molecule has 2 aromatic carbocycles. The quantitative estimate of drug-likeness (QED) is 0.477. The van der Waals surface area contributed by atoms with Crippen LogP contribution in [0.1, 0.15) is 41.8 Å². The molecule has 2 heterocycles. The van der Waals surface area contributed by atoms with Gasteiger partial charge in [-0.25, -0.2) is 8.78 Å². The number of para-hydroxylation sites is 1. The Morgan fingerprint density at radius 3 is 2.76 bits per heavy atom. The molecule has 0 bridgehead atoms. The molecule has 0 radical (unpaired) electrons. The minimum Gasteiger partial charge on any atom is -0.486 e. The van der Waals surface area contributed by atoms with Crippen LogP contribution in [0.2, 0.25) is 5.02 Å². The normalized spacial score (nSPS) is 11.9. The maximum Gasteiger partial charge on any atom is 0.199 e. The van der Waals surface area contributed by atoms with Gasteiger partial charge in [0.25, 0.3) is 0 Å². The number of ketones is 1. The Labute approximate surface area is 195 Å². The molecule has 0 saturated carbocycles. The molecule has 0 fully saturated rings. The van der Waals surface area contributed by atoms with E-state index in [1.165, 1.54) is 12.1 Å². The van der Waals surface area contributed by atoms with Crippen molar-refractivity contribution >= 4 is 23.5 Å². The predicted octanol–water partition coefficient (Wildman–Crippen LogP) is 4.80. The maximum atomic E-state index is 14.1. The number of carbonyl (C=O) groups excluding carboxylic acids is 1. The largest absolute Gasteiger partial charge is 0.486 e. The molecule has 4 rings (SSSR count). The van der Waals surface area contributed by atoms with Crippen molar-refractivity contribution in [2.75, 3.05) is 19.8 Å². The molecule has 174 valence electrons. The van der Waals surface area contributed by atoms with Crippen LogP contribution in [-0.2, 0) is 6.61 Å². The fourth-order valence-corrected chi connectivity index (χ4v) is 3.53. The molecule has 0 unspecified atom stereocenters. The molecule has 3 aromatic rings. The first kappa shape index (κ1) is 24.5. The van der Waals surface area contributed by atoms with Crippen molar-refractivity contribution in [3.8, 4) is 11.5 Å². The topological polar surface area (TPSA) is 63.7 Å². The summed E-state index contributed by atoms with van der Waals surface area (Å²) in [6.07, 6.45) is 4.30. The van der Waals surface area contributed by atoms with Crippen molar-refractivity contribution in [1.29, 1.82) is 0 Å². The van der Waals surface area contributed by atoms with Gasteiger partial charge in [-0.3, -0.25) is 9.79 Å². The van der Waals surface area contributed by atoms with Crippen LogP contribution in [-0.4, -0.2) is 30.6 Å². The van der Waals surface area contributed by atoms with Crippen LogP contribution in [0.25, 0.3) is 6.08 Å². The van der Waals surface area contributed by atoms with E-state index < -0.39 is 12.5 Å². The molecule has 8 heteroatoms. The van der Waals surface area contributed by atoms with E-state index in [9.17, 15) is 13.6 Å². The van der Waals surface area contributed by atoms with E-state index in [0.29, 0.717) is 17.6 Å². The number of alkyl halides is 1. The molecule has 1 N–H and O–H groups in total. The van der Waals surface area contributed by atoms with Gasteiger partial charge in [0.05, 0.1) is 5.56 Å². The molecule has 0 saturated heterocycles. The van der Waals surface area contributed by atoms with Crippen molar-refractivity contribution in [3.05, 3.63) is 80.8 Å². The zero-order valence-electron chi connectivity index (χ0n) is 18.5. The molecular weight excluding hydrogens is 450 g/mol. The lowest BCUT2D eigenvalue weighted by atomic mass is 10.0. The van der Waals surface area contributed by atoms with Crippen LogP contribution < -0.4 is 20.2 Å². The average Bonchev–Trinajstić information content (AvgIpc) is 3.27. The second-order valence-electron chi connectivity index (χ2n) is 6.86. The molecule has 5 nitrogen and oxygen atoms in total. The number of fused-ring (bicyclic) bond motifs is 1. The fourth-order valence-electron chi connectivity index (χ4n) is 3.37. The number of halogens is 3. The number of nitrogens with one attached hydrogen (secondary N) is 1. The van der Waals surface area contributed by atoms with E-state index >= 15 is 0 Å². The number of aromatic amines is 1. The van der Waals surface area contributed by atoms with E-state index in [0.717, 1.165) is 11.6 Å². The number of hydrogen-bond donors (Lipinski definition) is 1. The van der Waals surface area contributed by atoms with E-state index in [-0.39, 0.29) is 46.6 Å². The Hall–Kier alpha value is -3.19. The summed E-state index contributed by atoms with van der Waals surface area (Å²) in [5.74, 6) is -0.485. The summed E-state index contributed by atoms with van der Waals surface area (Å²) in [5, 5.41) is 1.02. The molecule has 1 aromatic heterocycles. The summed E-state index contributed by atoms with van der Waals surface area (Å²) in [5.41, 5.74) is 1.62. The third-order valence-electron chi connectivity index (χ3n) is 4.84. The number of ether oxygens (including phenoxy) is 2. The molecule has 1 aliphatic heterocycles. The number of rotatable bonds is 8. The standard InChI is InChI=1S/C23H19ClF2N2O3.C2H6/c24-15-7-6-14(19(26)11-15)13-31-20-5-1-3-17(22(20)30-10-8-25)21(29)18-12-28-23-16(18)4-2-9-27-23;1-2/h1,3-7,11-12H,2,8-10,13H2,(H,27,28);1-2H3. The van der Waals surface area contributed by atoms with Gasteiger partial charge in [0.2, 0.25) is 0 Å². The van der Waals surface area contributed by atoms with Gasteiger partial charge in [0.15, 0.2) is 17.3 Å². The molecule has 0 atom stereocenters. The van der Waals surface area contributed by atoms with Crippen LogP contribution in [0.5, 0.6) is 11.5 Å². The molecule has 33 heavy (non-hydrogen) atoms. The first-order chi connectivity index (χ1) is 16.1. The van der Waals surface area contributed by atoms with Gasteiger partial charge < -0.3 is 14.5 Å². The van der Waals surface area contributed by atoms with E-state index in [2.05, 4.69) is 9.98 Å². The number of hydrogen-bond acceptors (Lipinski definition) is 4. The predicted molar refractivity (Wildman–Crippen MR) is 124 cm³/mol. The Morgan fingerprint density at radius 1 is 1.18 bits per heavy atom. The van der Waals surface area contributed by atoms with Crippen molar-refractivity contribution < 1.29 is 23.0 Å². The highest BCUT2D eigenvalue weighted by Gasteiger charge is 2.22. The number of benzene rings is 2. The van der Waals surface area contributed by atoms with Gasteiger partial charge in [0.1, 0.15) is 31.2 Å². The highest BCUT2D eigenvalue weighted by Crippen LogP contribution is 2.33. The highest BCUT2D eigenvalue weighted by molar-refractivity contribution is 6.30. The first-order valence-electron chi connectivity index (χ1n) is 10.7. The third kappa shape index (κ3) is 5.60. The fraction of sp³-hybridized carbons (Fsp3) is 0.280. The van der Waals surface area contributed by atoms with Crippen LogP contribution in [0.3, 0.4) is 0 Å². The highest BCUT2D eigenvalue weighted by atomic mass is 35.5. The second-order valence-corrected chi connectivity index (χ2v) is 7.30. The van der Waals surface area contributed by atoms with Gasteiger partial charge in [-0.1, -0.05) is 43.7 Å². The third-order valence-corrected chi connectivity index (χ3v) is 5.07. The summed E-state index contributed by atoms with van der Waals surface area (Å²) < 4.78 is 38.2. The van der Waals surface area contributed by atoms with Crippen LogP contribution in [0, 0.1) is 5.82 Å². The zero-order chi connectivity index (χ0) is 23.8. The lowest BCUT2D eigenvalue weighted by Crippen LogP contribution is -2.30. The van der Waals surface area contributed by atoms with Gasteiger partial charge in [-0.2, -0.15) is 0 Å². The molecule has 1 aliphatic rings. The lowest BCUT2D eigenvalue weighted by Gasteiger charge is -2.15. The number of nitrogens with zero attached hydrogens (tertiary/aromatic N) is 1. The minimum absolute atomic E-state index is 0.112. The first-order valence-corrected chi connectivity index (χ1v) is 11.1. The Balaban J connectivity index is 0.00000149. The van der Waals surface area contributed by atoms with Gasteiger partial charge in [-0.15, -0.1) is 0 Å². The molecular formula is C25H25ClF2N2O3. The van der Waals surface area contributed by atoms with E-state index in [4.69, 9.17) is 21.1 Å². The molecule has 0 spiro atoms. The Bertz CT molecular complexity index is 1240. The van der Waals surface area contributed by atoms with Crippen molar-refractivity contribution in [2.45, 2.75) is 26.9 Å². The molecule has 0 aliphatic carbocycles. The number of H-pyrrole nitrogens is 1. The summed E-state index contributed by atoms with van der Waals surface area (Å²) >= 11 is 5.79. The van der Waals surface area contributed by atoms with Crippen molar-refractivity contribution in [2.24, 2.45) is 4.99 Å². The lowest BCUT2D eigenvalue weighted by molar-refractivity contribution is 0.103. The SMILES string of the molecule is CC.O=C(c1cccc(OCc2ccc(Cl)cc2F)c1OCCF)c1c[nH]c2c1=CCCN=2. The Kier molecular flexibility index (Phi) is 8.60. The van der Waals surface area contributed by atoms with Crippen LogP contribution in [0.4, 0.5) is 8.78 Å². The van der Waals surface area contributed by atoms with Crippen LogP contribution >= 0.6 is 11.6 Å². The molecule has 0 amide bonds. The second kappa shape index (κ2) is 11.6.